The van der Waals surface area contributed by atoms with E-state index in [4.69, 9.17) is 15.0 Å². The van der Waals surface area contributed by atoms with Gasteiger partial charge in [-0.25, -0.2) is 4.98 Å². The van der Waals surface area contributed by atoms with Gasteiger partial charge in [0.25, 0.3) is 0 Å². The zero-order valence-corrected chi connectivity index (χ0v) is 36.9. The molecule has 318 valence electrons. The number of hydrogen-bond acceptors (Lipinski definition) is 3. The van der Waals surface area contributed by atoms with Crippen molar-refractivity contribution in [3.05, 3.63) is 249 Å². The molecular weight excluding hydrogens is 827 g/mol. The summed E-state index contributed by atoms with van der Waals surface area (Å²) in [6, 6.07) is 88.2. The molecule has 0 bridgehead atoms. The maximum absolute atomic E-state index is 5.41. The minimum absolute atomic E-state index is 0.548. The second-order valence-electron chi connectivity index (χ2n) is 17.2. The van der Waals surface area contributed by atoms with Crippen molar-refractivity contribution < 1.29 is 0 Å². The number of hydrogen-bond donors (Lipinski definition) is 0. The van der Waals surface area contributed by atoms with Crippen molar-refractivity contribution in [2.75, 3.05) is 0 Å². The summed E-state index contributed by atoms with van der Waals surface area (Å²) >= 11 is 0. The highest BCUT2D eigenvalue weighted by Crippen LogP contribution is 2.42. The van der Waals surface area contributed by atoms with E-state index in [-0.39, 0.29) is 0 Å². The maximum Gasteiger partial charge on any atom is 0.238 e. The van der Waals surface area contributed by atoms with Gasteiger partial charge in [-0.3, -0.25) is 4.57 Å². The highest BCUT2D eigenvalue weighted by molar-refractivity contribution is 6.19. The third-order valence-electron chi connectivity index (χ3n) is 13.2. The zero-order valence-electron chi connectivity index (χ0n) is 36.9. The molecule has 13 aromatic rings. The summed E-state index contributed by atoms with van der Waals surface area (Å²) in [5.41, 5.74) is 16.3. The summed E-state index contributed by atoms with van der Waals surface area (Å²) in [7, 11) is 0. The highest BCUT2D eigenvalue weighted by Gasteiger charge is 2.22. The molecule has 68 heavy (non-hydrogen) atoms. The lowest BCUT2D eigenvalue weighted by Crippen LogP contribution is -2.06. The van der Waals surface area contributed by atoms with Gasteiger partial charge in [0.1, 0.15) is 0 Å². The van der Waals surface area contributed by atoms with Crippen LogP contribution in [-0.4, -0.2) is 24.1 Å². The Morgan fingerprint density at radius 3 is 1.22 bits per heavy atom. The molecule has 0 N–H and O–H groups in total. The van der Waals surface area contributed by atoms with Gasteiger partial charge >= 0.3 is 0 Å². The first kappa shape index (κ1) is 39.2. The molecule has 0 unspecified atom stereocenters. The lowest BCUT2D eigenvalue weighted by atomic mass is 9.99. The van der Waals surface area contributed by atoms with Gasteiger partial charge in [-0.05, 0) is 81.4 Å². The van der Waals surface area contributed by atoms with E-state index in [1.165, 1.54) is 21.9 Å². The molecule has 0 aliphatic carbocycles. The van der Waals surface area contributed by atoms with Crippen LogP contribution in [-0.2, 0) is 0 Å². The van der Waals surface area contributed by atoms with Gasteiger partial charge in [-0.15, -0.1) is 0 Å². The summed E-state index contributed by atoms with van der Waals surface area (Å²) in [6.07, 6.45) is 0. The van der Waals surface area contributed by atoms with Crippen LogP contribution >= 0.6 is 0 Å². The van der Waals surface area contributed by atoms with Gasteiger partial charge in [0, 0.05) is 38.2 Å². The summed E-state index contributed by atoms with van der Waals surface area (Å²) < 4.78 is 4.66. The Balaban J connectivity index is 1.05. The number of fused-ring (bicyclic) bond motifs is 6. The minimum atomic E-state index is 0.548. The van der Waals surface area contributed by atoms with Crippen molar-refractivity contribution in [2.45, 2.75) is 0 Å². The van der Waals surface area contributed by atoms with Crippen molar-refractivity contribution >= 4 is 43.6 Å². The standard InChI is InChI=1S/C63H41N5/c1-4-18-42(19-5-1)45-34-36-46(37-35-45)51-28-10-13-31-56(51)67-57-32-14-11-29-52(57)54-40-55-53-30-12-15-33-58(53)68(60(55)41-59(54)67)63-65-61(49-26-16-24-47(38-49)43-20-6-2-7-21-43)64-62(66-63)50-27-17-25-48(39-50)44-22-8-3-9-23-44/h1-41H. The molecule has 3 aromatic heterocycles. The molecule has 0 spiro atoms. The average Bonchev–Trinajstić information content (AvgIpc) is 3.92. The Hall–Kier alpha value is -9.19. The average molecular weight is 868 g/mol. The molecule has 13 rings (SSSR count). The molecule has 0 aliphatic heterocycles. The van der Waals surface area contributed by atoms with Crippen LogP contribution < -0.4 is 0 Å². The van der Waals surface area contributed by atoms with E-state index >= 15 is 0 Å². The largest absolute Gasteiger partial charge is 0.309 e. The summed E-state index contributed by atoms with van der Waals surface area (Å²) in [5.74, 6) is 1.75. The molecule has 3 heterocycles. The van der Waals surface area contributed by atoms with Crippen molar-refractivity contribution in [1.82, 2.24) is 24.1 Å². The van der Waals surface area contributed by atoms with Crippen LogP contribution in [0.2, 0.25) is 0 Å². The molecule has 0 atom stereocenters. The van der Waals surface area contributed by atoms with Crippen molar-refractivity contribution in [3.63, 3.8) is 0 Å². The first-order valence-corrected chi connectivity index (χ1v) is 23.0. The SMILES string of the molecule is c1ccc(-c2ccc(-c3ccccc3-n3c4ccccc4c4cc5c6ccccc6n(-c6nc(-c7cccc(-c8ccccc8)c7)nc(-c7cccc(-c8ccccc8)c7)n6)c5cc43)cc2)cc1. The number of para-hydroxylation sites is 3. The molecule has 0 fully saturated rings. The Morgan fingerprint density at radius 1 is 0.235 bits per heavy atom. The topological polar surface area (TPSA) is 48.5 Å². The maximum atomic E-state index is 5.41. The van der Waals surface area contributed by atoms with Gasteiger partial charge in [0.2, 0.25) is 5.95 Å². The van der Waals surface area contributed by atoms with Crippen molar-refractivity contribution in [2.24, 2.45) is 0 Å². The summed E-state index contributed by atoms with van der Waals surface area (Å²) in [5, 5.41) is 4.62. The predicted molar refractivity (Wildman–Crippen MR) is 281 cm³/mol. The molecule has 0 aliphatic rings. The van der Waals surface area contributed by atoms with E-state index in [0.29, 0.717) is 17.6 Å². The van der Waals surface area contributed by atoms with E-state index < -0.39 is 0 Å². The normalized spacial score (nSPS) is 11.5. The number of rotatable bonds is 8. The van der Waals surface area contributed by atoms with E-state index in [2.05, 4.69) is 246 Å². The van der Waals surface area contributed by atoms with Crippen LogP contribution in [0.15, 0.2) is 249 Å². The van der Waals surface area contributed by atoms with E-state index in [1.54, 1.807) is 0 Å². The molecular formula is C63H41N5. The number of aromatic nitrogens is 5. The third kappa shape index (κ3) is 6.76. The lowest BCUT2D eigenvalue weighted by molar-refractivity contribution is 0.953. The molecule has 5 heteroatoms. The lowest BCUT2D eigenvalue weighted by Gasteiger charge is -2.15. The van der Waals surface area contributed by atoms with Crippen LogP contribution in [0.4, 0.5) is 0 Å². The van der Waals surface area contributed by atoms with Crippen LogP contribution in [0.1, 0.15) is 0 Å². The van der Waals surface area contributed by atoms with Crippen molar-refractivity contribution in [1.29, 1.82) is 0 Å². The van der Waals surface area contributed by atoms with Gasteiger partial charge in [-0.2, -0.15) is 9.97 Å². The Morgan fingerprint density at radius 2 is 0.647 bits per heavy atom. The van der Waals surface area contributed by atoms with Gasteiger partial charge < -0.3 is 4.57 Å². The second kappa shape index (κ2) is 16.4. The molecule has 0 radical (unpaired) electrons. The van der Waals surface area contributed by atoms with E-state index in [9.17, 15) is 0 Å². The quantitative estimate of drug-likeness (QED) is 0.153. The van der Waals surface area contributed by atoms with Gasteiger partial charge in [0.15, 0.2) is 11.6 Å². The van der Waals surface area contributed by atoms with Gasteiger partial charge in [0.05, 0.1) is 27.8 Å². The fraction of sp³-hybridized carbons (Fsp3) is 0. The molecule has 0 saturated carbocycles. The molecule has 5 nitrogen and oxygen atoms in total. The highest BCUT2D eigenvalue weighted by atomic mass is 15.2. The smallest absolute Gasteiger partial charge is 0.238 e. The number of benzene rings is 10. The summed E-state index contributed by atoms with van der Waals surface area (Å²) in [6.45, 7) is 0. The predicted octanol–water partition coefficient (Wildman–Crippen LogP) is 16.1. The third-order valence-corrected chi connectivity index (χ3v) is 13.2. The Bertz CT molecular complexity index is 3900. The summed E-state index contributed by atoms with van der Waals surface area (Å²) in [4.78, 5) is 16.1. The zero-order chi connectivity index (χ0) is 45.0. The monoisotopic (exact) mass is 867 g/mol. The van der Waals surface area contributed by atoms with Crippen LogP contribution in [0.3, 0.4) is 0 Å². The second-order valence-corrected chi connectivity index (χ2v) is 17.2. The minimum Gasteiger partial charge on any atom is -0.309 e. The Kier molecular flexibility index (Phi) is 9.43. The van der Waals surface area contributed by atoms with Crippen LogP contribution in [0, 0.1) is 0 Å². The molecule has 0 saturated heterocycles. The Labute approximate surface area is 393 Å². The van der Waals surface area contributed by atoms with E-state index in [1.807, 2.05) is 12.1 Å². The first-order valence-electron chi connectivity index (χ1n) is 23.0. The number of nitrogens with zero attached hydrogens (tertiary/aromatic N) is 5. The van der Waals surface area contributed by atoms with Crippen LogP contribution in [0.25, 0.3) is 123 Å². The molecule has 10 aromatic carbocycles. The first-order chi connectivity index (χ1) is 33.7. The van der Waals surface area contributed by atoms with Crippen molar-refractivity contribution in [3.8, 4) is 78.9 Å². The molecule has 0 amide bonds. The van der Waals surface area contributed by atoms with E-state index in [0.717, 1.165) is 83.0 Å². The van der Waals surface area contributed by atoms with Gasteiger partial charge in [-0.1, -0.05) is 206 Å². The fourth-order valence-corrected chi connectivity index (χ4v) is 9.95. The fourth-order valence-electron chi connectivity index (χ4n) is 9.95. The van der Waals surface area contributed by atoms with Crippen LogP contribution in [0.5, 0.6) is 0 Å².